The molecule has 0 aliphatic carbocycles. The highest BCUT2D eigenvalue weighted by Gasteiger charge is 2.13. The molecule has 4 heteroatoms. The van der Waals surface area contributed by atoms with Gasteiger partial charge in [-0.25, -0.2) is 0 Å². The molecule has 1 aromatic heterocycles. The van der Waals surface area contributed by atoms with Crippen molar-refractivity contribution in [3.63, 3.8) is 0 Å². The first-order valence-electron chi connectivity index (χ1n) is 7.65. The summed E-state index contributed by atoms with van der Waals surface area (Å²) in [5.74, 6) is 1.94. The summed E-state index contributed by atoms with van der Waals surface area (Å²) >= 11 is 0. The van der Waals surface area contributed by atoms with Gasteiger partial charge >= 0.3 is 0 Å². The van der Waals surface area contributed by atoms with Crippen molar-refractivity contribution in [1.29, 1.82) is 0 Å². The average Bonchev–Trinajstić information content (AvgIpc) is 2.80. The van der Waals surface area contributed by atoms with E-state index in [0.717, 1.165) is 23.3 Å². The Hall–Kier alpha value is -2.75. The van der Waals surface area contributed by atoms with Gasteiger partial charge in [0, 0.05) is 18.1 Å². The van der Waals surface area contributed by atoms with E-state index in [1.165, 1.54) is 6.07 Å². The second-order valence-electron chi connectivity index (χ2n) is 5.69. The summed E-state index contributed by atoms with van der Waals surface area (Å²) in [6, 6.07) is 12.7. The summed E-state index contributed by atoms with van der Waals surface area (Å²) in [6.07, 6.45) is 0.856. The third kappa shape index (κ3) is 2.57. The Bertz CT molecular complexity index is 940. The third-order valence-electron chi connectivity index (χ3n) is 3.91. The highest BCUT2D eigenvalue weighted by Crippen LogP contribution is 2.34. The largest absolute Gasteiger partial charge is 0.490 e. The number of aryl methyl sites for hydroxylation is 1. The Balaban J connectivity index is 1.84. The molecule has 0 atom stereocenters. The van der Waals surface area contributed by atoms with Crippen molar-refractivity contribution >= 4 is 11.0 Å². The number of benzene rings is 2. The van der Waals surface area contributed by atoms with Crippen LogP contribution in [-0.4, -0.2) is 13.2 Å². The normalized spacial score (nSPS) is 13.8. The fraction of sp³-hybridized carbons (Fsp3) is 0.211. The van der Waals surface area contributed by atoms with Gasteiger partial charge in [-0.3, -0.25) is 4.79 Å². The minimum absolute atomic E-state index is 0.0444. The molecule has 0 radical (unpaired) electrons. The van der Waals surface area contributed by atoms with Crippen molar-refractivity contribution in [2.75, 3.05) is 13.2 Å². The first-order valence-corrected chi connectivity index (χ1v) is 7.65. The zero-order chi connectivity index (χ0) is 15.8. The highest BCUT2D eigenvalue weighted by molar-refractivity contribution is 5.79. The van der Waals surface area contributed by atoms with Crippen molar-refractivity contribution in [2.45, 2.75) is 13.3 Å². The minimum Gasteiger partial charge on any atom is -0.490 e. The summed E-state index contributed by atoms with van der Waals surface area (Å²) < 4.78 is 17.2. The van der Waals surface area contributed by atoms with E-state index >= 15 is 0 Å². The molecule has 1 aliphatic rings. The average molecular weight is 308 g/mol. The summed E-state index contributed by atoms with van der Waals surface area (Å²) in [6.45, 7) is 3.23. The van der Waals surface area contributed by atoms with Gasteiger partial charge in [0.25, 0.3) is 0 Å². The predicted octanol–water partition coefficient (Wildman–Crippen LogP) is 3.93. The summed E-state index contributed by atoms with van der Waals surface area (Å²) in [5.41, 5.74) is 2.38. The van der Waals surface area contributed by atoms with Crippen molar-refractivity contribution in [1.82, 2.24) is 0 Å². The molecule has 1 aliphatic heterocycles. The van der Waals surface area contributed by atoms with Crippen LogP contribution in [0.4, 0.5) is 0 Å². The second-order valence-corrected chi connectivity index (χ2v) is 5.69. The lowest BCUT2D eigenvalue weighted by Gasteiger charge is -2.09. The van der Waals surface area contributed by atoms with Crippen molar-refractivity contribution in [3.8, 4) is 22.8 Å². The molecule has 4 rings (SSSR count). The summed E-state index contributed by atoms with van der Waals surface area (Å²) in [7, 11) is 0. The fourth-order valence-electron chi connectivity index (χ4n) is 2.73. The maximum Gasteiger partial charge on any atom is 0.193 e. The molecule has 0 saturated heterocycles. The standard InChI is InChI=1S/C19H16O4/c1-12-3-5-16-14(9-12)15(20)11-18(23-16)13-4-6-17-19(10-13)22-8-2-7-21-17/h3-6,9-11H,2,7-8H2,1H3. The monoisotopic (exact) mass is 308 g/mol. The van der Waals surface area contributed by atoms with Gasteiger partial charge in [0.1, 0.15) is 11.3 Å². The lowest BCUT2D eigenvalue weighted by atomic mass is 10.1. The van der Waals surface area contributed by atoms with Gasteiger partial charge in [0.05, 0.1) is 18.6 Å². The number of ether oxygens (including phenoxy) is 2. The molecule has 2 aromatic carbocycles. The molecule has 0 bridgehead atoms. The van der Waals surface area contributed by atoms with Crippen LogP contribution in [0.2, 0.25) is 0 Å². The number of fused-ring (bicyclic) bond motifs is 2. The number of hydrogen-bond acceptors (Lipinski definition) is 4. The van der Waals surface area contributed by atoms with E-state index in [1.807, 2.05) is 43.3 Å². The predicted molar refractivity (Wildman–Crippen MR) is 88.3 cm³/mol. The van der Waals surface area contributed by atoms with Gasteiger partial charge in [-0.2, -0.15) is 0 Å². The molecule has 0 amide bonds. The highest BCUT2D eigenvalue weighted by atomic mass is 16.5. The second kappa shape index (κ2) is 5.47. The van der Waals surface area contributed by atoms with Crippen molar-refractivity contribution in [3.05, 3.63) is 58.3 Å². The van der Waals surface area contributed by atoms with E-state index in [-0.39, 0.29) is 5.43 Å². The van der Waals surface area contributed by atoms with Gasteiger partial charge in [-0.15, -0.1) is 0 Å². The maximum atomic E-state index is 12.4. The van der Waals surface area contributed by atoms with E-state index in [1.54, 1.807) is 0 Å². The number of hydrogen-bond donors (Lipinski definition) is 0. The van der Waals surface area contributed by atoms with Gasteiger partial charge in [0.15, 0.2) is 16.9 Å². The SMILES string of the molecule is Cc1ccc2oc(-c3ccc4c(c3)OCCCO4)cc(=O)c2c1. The molecule has 0 N–H and O–H groups in total. The first-order chi connectivity index (χ1) is 11.2. The molecular formula is C19H16O4. The first kappa shape index (κ1) is 13.9. The van der Waals surface area contributed by atoms with E-state index < -0.39 is 0 Å². The van der Waals surface area contributed by atoms with E-state index in [2.05, 4.69) is 0 Å². The zero-order valence-electron chi connectivity index (χ0n) is 12.8. The Morgan fingerprint density at radius 3 is 2.61 bits per heavy atom. The smallest absolute Gasteiger partial charge is 0.193 e. The van der Waals surface area contributed by atoms with Crippen LogP contribution in [0.25, 0.3) is 22.3 Å². The third-order valence-corrected chi connectivity index (χ3v) is 3.91. The molecular weight excluding hydrogens is 292 g/mol. The van der Waals surface area contributed by atoms with Crippen LogP contribution in [0, 0.1) is 6.92 Å². The minimum atomic E-state index is -0.0444. The molecule has 23 heavy (non-hydrogen) atoms. The Morgan fingerprint density at radius 2 is 1.74 bits per heavy atom. The molecule has 116 valence electrons. The molecule has 2 heterocycles. The lowest BCUT2D eigenvalue weighted by molar-refractivity contribution is 0.297. The summed E-state index contributed by atoms with van der Waals surface area (Å²) in [4.78, 5) is 12.4. The Kier molecular flexibility index (Phi) is 3.30. The molecule has 0 unspecified atom stereocenters. The maximum absolute atomic E-state index is 12.4. The van der Waals surface area contributed by atoms with Crippen LogP contribution in [0.15, 0.2) is 51.7 Å². The molecule has 4 nitrogen and oxygen atoms in total. The number of rotatable bonds is 1. The van der Waals surface area contributed by atoms with Crippen LogP contribution in [0.5, 0.6) is 11.5 Å². The molecule has 0 spiro atoms. The zero-order valence-corrected chi connectivity index (χ0v) is 12.8. The van der Waals surface area contributed by atoms with Crippen LogP contribution in [-0.2, 0) is 0 Å². The molecule has 0 saturated carbocycles. The molecule has 0 fully saturated rings. The Labute approximate surface area is 133 Å². The van der Waals surface area contributed by atoms with Crippen LogP contribution in [0.1, 0.15) is 12.0 Å². The summed E-state index contributed by atoms with van der Waals surface area (Å²) in [5, 5.41) is 0.600. The van der Waals surface area contributed by atoms with Gasteiger partial charge in [-0.1, -0.05) is 11.6 Å². The van der Waals surface area contributed by atoms with Gasteiger partial charge < -0.3 is 13.9 Å². The van der Waals surface area contributed by atoms with E-state index in [9.17, 15) is 4.79 Å². The molecule has 3 aromatic rings. The van der Waals surface area contributed by atoms with Crippen LogP contribution < -0.4 is 14.9 Å². The lowest BCUT2D eigenvalue weighted by Crippen LogP contribution is -2.00. The van der Waals surface area contributed by atoms with Gasteiger partial charge in [0.2, 0.25) is 0 Å². The van der Waals surface area contributed by atoms with Crippen LogP contribution >= 0.6 is 0 Å². The quantitative estimate of drug-likeness (QED) is 0.683. The Morgan fingerprint density at radius 1 is 0.913 bits per heavy atom. The topological polar surface area (TPSA) is 48.7 Å². The fourth-order valence-corrected chi connectivity index (χ4v) is 2.73. The van der Waals surface area contributed by atoms with E-state index in [4.69, 9.17) is 13.9 Å². The van der Waals surface area contributed by atoms with Crippen LogP contribution in [0.3, 0.4) is 0 Å². The van der Waals surface area contributed by atoms with Gasteiger partial charge in [-0.05, 0) is 37.3 Å². The van der Waals surface area contributed by atoms with Crippen molar-refractivity contribution < 1.29 is 13.9 Å². The van der Waals surface area contributed by atoms with E-state index in [0.29, 0.717) is 35.7 Å². The van der Waals surface area contributed by atoms with Crippen molar-refractivity contribution in [2.24, 2.45) is 0 Å².